The third kappa shape index (κ3) is 11.5. The monoisotopic (exact) mass is 350 g/mol. The number of nitrogens with zero attached hydrogens (tertiary/aromatic N) is 2. The molecule has 0 aromatic heterocycles. The molecule has 0 saturated heterocycles. The van der Waals surface area contributed by atoms with Crippen molar-refractivity contribution in [3.63, 3.8) is 0 Å². The second-order valence-electron chi connectivity index (χ2n) is 7.51. The normalized spacial score (nSPS) is 19.2. The zero-order valence-corrected chi connectivity index (χ0v) is 16.8. The van der Waals surface area contributed by atoms with E-state index in [1.807, 2.05) is 13.1 Å². The Balaban J connectivity index is 1.82. The van der Waals surface area contributed by atoms with Crippen LogP contribution in [0.3, 0.4) is 0 Å². The van der Waals surface area contributed by atoms with Gasteiger partial charge in [-0.15, -0.1) is 0 Å². The Morgan fingerprint density at radius 3 is 2.12 bits per heavy atom. The molecule has 0 spiro atoms. The van der Waals surface area contributed by atoms with Gasteiger partial charge in [-0.25, -0.2) is 0 Å². The van der Waals surface area contributed by atoms with Crippen LogP contribution in [0.1, 0.15) is 104 Å². The van der Waals surface area contributed by atoms with Crippen molar-refractivity contribution >= 4 is 6.21 Å². The largest absolute Gasteiger partial charge is 0.379 e. The van der Waals surface area contributed by atoms with Crippen molar-refractivity contribution in [2.24, 2.45) is 4.99 Å². The molecule has 3 heteroatoms. The topological polar surface area (TPSA) is 35.8 Å². The van der Waals surface area contributed by atoms with Gasteiger partial charge in [-0.1, -0.05) is 70.4 Å². The number of hydrogen-bond donors (Lipinski definition) is 1. The van der Waals surface area contributed by atoms with Crippen LogP contribution >= 0.6 is 0 Å². The Hall–Kier alpha value is -0.670. The maximum atomic E-state index is 9.69. The highest BCUT2D eigenvalue weighted by atomic mass is 16.3. The molecule has 25 heavy (non-hydrogen) atoms. The van der Waals surface area contributed by atoms with Gasteiger partial charge in [-0.2, -0.15) is 0 Å². The van der Waals surface area contributed by atoms with Crippen LogP contribution in [0.25, 0.3) is 0 Å². The van der Waals surface area contributed by atoms with Gasteiger partial charge in [0.15, 0.2) is 0 Å². The summed E-state index contributed by atoms with van der Waals surface area (Å²) in [4.78, 5) is 6.54. The molecule has 1 heterocycles. The smallest absolute Gasteiger partial charge is 0.106 e. The minimum atomic E-state index is -0.377. The number of unbranched alkanes of at least 4 members (excludes halogenated alkanes) is 11. The number of allylic oxidation sites excluding steroid dienone is 2. The number of rotatable bonds is 16. The lowest BCUT2D eigenvalue weighted by atomic mass is 10.1. The summed E-state index contributed by atoms with van der Waals surface area (Å²) < 4.78 is 0. The van der Waals surface area contributed by atoms with Gasteiger partial charge in [0.2, 0.25) is 0 Å². The number of aliphatic imine (C=N–C) groups is 1. The molecule has 1 rings (SSSR count). The molecule has 1 aliphatic rings. The van der Waals surface area contributed by atoms with Crippen molar-refractivity contribution in [1.29, 1.82) is 0 Å². The maximum absolute atomic E-state index is 9.69. The number of aliphatic hydroxyl groups excluding tert-OH is 1. The second kappa shape index (κ2) is 15.6. The molecule has 1 N–H and O–H groups in total. The molecule has 1 aliphatic heterocycles. The van der Waals surface area contributed by atoms with E-state index in [1.165, 1.54) is 83.5 Å². The molecule has 0 aromatic rings. The van der Waals surface area contributed by atoms with Crippen molar-refractivity contribution < 1.29 is 5.11 Å². The van der Waals surface area contributed by atoms with Crippen LogP contribution in [0.2, 0.25) is 0 Å². The van der Waals surface area contributed by atoms with Gasteiger partial charge < -0.3 is 5.11 Å². The van der Waals surface area contributed by atoms with Crippen LogP contribution in [-0.4, -0.2) is 35.2 Å². The maximum Gasteiger partial charge on any atom is 0.106 e. The Bertz CT molecular complexity index is 352. The van der Waals surface area contributed by atoms with E-state index in [9.17, 15) is 5.11 Å². The van der Waals surface area contributed by atoms with E-state index in [4.69, 9.17) is 0 Å². The highest BCUT2D eigenvalue weighted by Crippen LogP contribution is 2.17. The predicted molar refractivity (Wildman–Crippen MR) is 110 cm³/mol. The quantitative estimate of drug-likeness (QED) is 0.271. The van der Waals surface area contributed by atoms with Gasteiger partial charge in [-0.3, -0.25) is 9.89 Å². The van der Waals surface area contributed by atoms with Gasteiger partial charge >= 0.3 is 0 Å². The average molecular weight is 351 g/mol. The van der Waals surface area contributed by atoms with Gasteiger partial charge in [0.25, 0.3) is 0 Å². The van der Waals surface area contributed by atoms with Gasteiger partial charge in [0, 0.05) is 12.8 Å². The van der Waals surface area contributed by atoms with Gasteiger partial charge in [0.1, 0.15) is 12.4 Å². The minimum Gasteiger partial charge on any atom is -0.379 e. The summed E-state index contributed by atoms with van der Waals surface area (Å²) in [6, 6.07) is 0. The van der Waals surface area contributed by atoms with E-state index >= 15 is 0 Å². The fraction of sp³-hybridized carbons (Fsp3) is 0.864. The fourth-order valence-corrected chi connectivity index (χ4v) is 3.51. The lowest BCUT2D eigenvalue weighted by molar-refractivity contribution is 0.00710. The molecule has 3 nitrogen and oxygen atoms in total. The molecule has 0 radical (unpaired) electrons. The molecule has 0 amide bonds. The van der Waals surface area contributed by atoms with E-state index in [-0.39, 0.29) is 12.4 Å². The average Bonchev–Trinajstić information content (AvgIpc) is 3.07. The molecule has 0 aliphatic carbocycles. The molecule has 2 atom stereocenters. The zero-order chi connectivity index (χ0) is 18.2. The highest BCUT2D eigenvalue weighted by molar-refractivity contribution is 5.62. The molecular formula is C22H42N2O. The van der Waals surface area contributed by atoms with Crippen LogP contribution in [0.5, 0.6) is 0 Å². The lowest BCUT2D eigenvalue weighted by Crippen LogP contribution is -2.37. The molecule has 0 bridgehead atoms. The fourth-order valence-electron chi connectivity index (χ4n) is 3.51. The van der Waals surface area contributed by atoms with Crippen molar-refractivity contribution in [3.05, 3.63) is 12.2 Å². The van der Waals surface area contributed by atoms with Crippen molar-refractivity contribution in [1.82, 2.24) is 4.90 Å². The highest BCUT2D eigenvalue weighted by Gasteiger charge is 2.23. The summed E-state index contributed by atoms with van der Waals surface area (Å²) in [5.74, 6) is 0. The number of aliphatic hydroxyl groups is 1. The molecular weight excluding hydrogens is 308 g/mol. The first-order chi connectivity index (χ1) is 12.3. The van der Waals surface area contributed by atoms with Crippen molar-refractivity contribution in [3.8, 4) is 0 Å². The minimum absolute atomic E-state index is 0.216. The van der Waals surface area contributed by atoms with E-state index in [0.29, 0.717) is 0 Å². The van der Waals surface area contributed by atoms with Crippen LogP contribution < -0.4 is 0 Å². The molecule has 2 unspecified atom stereocenters. The Morgan fingerprint density at radius 2 is 1.52 bits per heavy atom. The lowest BCUT2D eigenvalue weighted by Gasteiger charge is -2.25. The van der Waals surface area contributed by atoms with E-state index in [2.05, 4.69) is 29.0 Å². The summed E-state index contributed by atoms with van der Waals surface area (Å²) in [5.41, 5.74) is 0. The Kier molecular flexibility index (Phi) is 13.9. The van der Waals surface area contributed by atoms with Crippen molar-refractivity contribution in [2.45, 2.75) is 116 Å². The molecule has 0 aromatic carbocycles. The Morgan fingerprint density at radius 1 is 0.960 bits per heavy atom. The first-order valence-corrected chi connectivity index (χ1v) is 10.9. The van der Waals surface area contributed by atoms with Crippen molar-refractivity contribution in [2.75, 3.05) is 6.54 Å². The van der Waals surface area contributed by atoms with Gasteiger partial charge in [-0.05, 0) is 45.4 Å². The van der Waals surface area contributed by atoms with Crippen LogP contribution in [0, 0.1) is 0 Å². The first-order valence-electron chi connectivity index (χ1n) is 10.9. The van der Waals surface area contributed by atoms with Gasteiger partial charge in [0.05, 0.1) is 0 Å². The summed E-state index contributed by atoms with van der Waals surface area (Å²) in [6.45, 7) is 4.91. The van der Waals surface area contributed by atoms with E-state index < -0.39 is 0 Å². The Labute approximate surface area is 156 Å². The summed E-state index contributed by atoms with van der Waals surface area (Å²) in [6.07, 6.45) is 25.0. The van der Waals surface area contributed by atoms with E-state index in [1.54, 1.807) is 0 Å². The van der Waals surface area contributed by atoms with Crippen LogP contribution in [-0.2, 0) is 0 Å². The zero-order valence-electron chi connectivity index (χ0n) is 16.8. The van der Waals surface area contributed by atoms with Crippen LogP contribution in [0.15, 0.2) is 17.1 Å². The molecule has 0 fully saturated rings. The summed E-state index contributed by atoms with van der Waals surface area (Å²) in [7, 11) is 0. The third-order valence-electron chi connectivity index (χ3n) is 5.16. The summed E-state index contributed by atoms with van der Waals surface area (Å²) in [5, 5.41) is 9.69. The van der Waals surface area contributed by atoms with Crippen LogP contribution in [0.4, 0.5) is 0 Å². The molecule has 0 saturated carbocycles. The molecule has 146 valence electrons. The SMILES string of the molecule is CCCCCC/C=C/CCCCCCCCCC1N=CCN1C(C)O. The first kappa shape index (κ1) is 22.4. The predicted octanol–water partition coefficient (Wildman–Crippen LogP) is 6.07. The third-order valence-corrected chi connectivity index (χ3v) is 5.16. The summed E-state index contributed by atoms with van der Waals surface area (Å²) >= 11 is 0. The van der Waals surface area contributed by atoms with E-state index in [0.717, 1.165) is 13.0 Å². The standard InChI is InChI=1S/C22H42N2O/c1-3-4-5-6-7-8-9-10-11-12-13-14-15-16-17-18-22-23-19-20-24(22)21(2)25/h8-9,19,21-22,25H,3-7,10-18,20H2,1-2H3/b9-8+. The second-order valence-corrected chi connectivity index (χ2v) is 7.51. The number of hydrogen-bond acceptors (Lipinski definition) is 3.